The molecule has 6 aliphatic rings. The van der Waals surface area contributed by atoms with Gasteiger partial charge >= 0.3 is 5.97 Å². The van der Waals surface area contributed by atoms with Crippen LogP contribution in [0.15, 0.2) is 16.6 Å². The van der Waals surface area contributed by atoms with Gasteiger partial charge in [0.2, 0.25) is 0 Å². The van der Waals surface area contributed by atoms with Crippen molar-refractivity contribution in [1.82, 2.24) is 0 Å². The molecule has 0 radical (unpaired) electrons. The van der Waals surface area contributed by atoms with Gasteiger partial charge < -0.3 is 39.4 Å². The molecule has 0 spiro atoms. The summed E-state index contributed by atoms with van der Waals surface area (Å²) in [4.78, 5) is 16.5. The number of fused-ring (bicyclic) bond motifs is 5. The normalized spacial score (nSPS) is 50.6. The van der Waals surface area contributed by atoms with E-state index in [0.717, 1.165) is 24.8 Å². The van der Waals surface area contributed by atoms with Crippen LogP contribution in [0, 0.1) is 28.6 Å². The minimum Gasteiger partial charge on any atom is -0.458 e. The molecule has 12 atom stereocenters. The lowest BCUT2D eigenvalue weighted by Crippen LogP contribution is -2.69. The van der Waals surface area contributed by atoms with Crippen LogP contribution in [0.4, 0.5) is 0 Å². The van der Waals surface area contributed by atoms with Crippen molar-refractivity contribution >= 4 is 12.2 Å². The number of esters is 1. The van der Waals surface area contributed by atoms with E-state index in [-0.39, 0.29) is 54.5 Å². The van der Waals surface area contributed by atoms with E-state index in [0.29, 0.717) is 51.6 Å². The monoisotopic (exact) mass is 591 g/mol. The van der Waals surface area contributed by atoms with Crippen LogP contribution in [0.5, 0.6) is 0 Å². The number of hydrogen-bond acceptors (Lipinski definition) is 10. The summed E-state index contributed by atoms with van der Waals surface area (Å²) in [5.41, 5.74) is -2.00. The smallest absolute Gasteiger partial charge is 0.331 e. The van der Waals surface area contributed by atoms with Crippen molar-refractivity contribution in [1.29, 1.82) is 0 Å². The standard InChI is InChI=1S/C32H49NO9/c1-19-28(36)25(39-3)15-27(41-19)42-21-4-9-30(18-33-12-13-34)23-5-8-29(2)22(20-14-26(35)40-17-20)7-11-32(29,38)24(23)6-10-31(30,37)16-21/h14,18-19,21-25,27-28,34,36-38H,4-13,15-17H2,1-3H3/t19-,21-,22+,23+,24-,25+,27+,28-,29-,30+,31+,32+/m1/s1. The molecule has 10 heteroatoms. The number of aliphatic hydroxyl groups excluding tert-OH is 2. The van der Waals surface area contributed by atoms with E-state index in [1.54, 1.807) is 13.2 Å². The molecule has 2 heterocycles. The first-order valence-electron chi connectivity index (χ1n) is 16.0. The Balaban J connectivity index is 1.25. The zero-order valence-electron chi connectivity index (χ0n) is 25.2. The molecule has 0 bridgehead atoms. The third-order valence-corrected chi connectivity index (χ3v) is 12.5. The Morgan fingerprint density at radius 3 is 2.62 bits per heavy atom. The van der Waals surface area contributed by atoms with Gasteiger partial charge in [-0.05, 0) is 81.6 Å². The SMILES string of the molecule is CO[C@H]1C[C@H](O[C@@H]2CC[C@]3(C=NCCO)[C@H]4CC[C@]5(C)[C@H](C6=CC(=O)OC6)CC[C@]5(O)[C@@H]4CC[C@]3(O)C2)O[C@H](C)[C@H]1O. The van der Waals surface area contributed by atoms with E-state index in [9.17, 15) is 25.2 Å². The molecule has 42 heavy (non-hydrogen) atoms. The van der Waals surface area contributed by atoms with Gasteiger partial charge in [-0.15, -0.1) is 0 Å². The Bertz CT molecular complexity index is 1100. The number of rotatable bonds is 7. The molecular weight excluding hydrogens is 542 g/mol. The second kappa shape index (κ2) is 11.2. The number of cyclic esters (lactones) is 1. The molecule has 0 aromatic carbocycles. The number of aliphatic imine (C=N–C) groups is 1. The number of aliphatic hydroxyl groups is 4. The summed E-state index contributed by atoms with van der Waals surface area (Å²) < 4.78 is 23.1. The summed E-state index contributed by atoms with van der Waals surface area (Å²) >= 11 is 0. The molecule has 5 fully saturated rings. The number of hydrogen-bond donors (Lipinski definition) is 4. The molecule has 0 aromatic rings. The molecule has 0 amide bonds. The van der Waals surface area contributed by atoms with E-state index >= 15 is 0 Å². The molecule has 1 saturated heterocycles. The first-order chi connectivity index (χ1) is 20.0. The molecule has 4 aliphatic carbocycles. The fraction of sp³-hybridized carbons (Fsp3) is 0.875. The fourth-order valence-electron chi connectivity index (χ4n) is 10.3. The predicted octanol–water partition coefficient (Wildman–Crippen LogP) is 2.30. The van der Waals surface area contributed by atoms with Crippen molar-refractivity contribution in [3.63, 3.8) is 0 Å². The van der Waals surface area contributed by atoms with Gasteiger partial charge in [-0.2, -0.15) is 0 Å². The van der Waals surface area contributed by atoms with Gasteiger partial charge in [-0.1, -0.05) is 6.92 Å². The Morgan fingerprint density at radius 2 is 1.90 bits per heavy atom. The summed E-state index contributed by atoms with van der Waals surface area (Å²) in [6.07, 6.45) is 7.86. The molecule has 4 N–H and O–H groups in total. The van der Waals surface area contributed by atoms with Crippen LogP contribution in [0.25, 0.3) is 0 Å². The zero-order valence-corrected chi connectivity index (χ0v) is 25.2. The third-order valence-electron chi connectivity index (χ3n) is 12.5. The molecule has 10 nitrogen and oxygen atoms in total. The molecule has 4 saturated carbocycles. The van der Waals surface area contributed by atoms with Crippen molar-refractivity contribution < 1.29 is 44.2 Å². The van der Waals surface area contributed by atoms with E-state index < -0.39 is 35.1 Å². The highest BCUT2D eigenvalue weighted by atomic mass is 16.7. The van der Waals surface area contributed by atoms with Crippen LogP contribution in [0.1, 0.15) is 78.1 Å². The third kappa shape index (κ3) is 4.63. The van der Waals surface area contributed by atoms with E-state index in [1.165, 1.54) is 0 Å². The minimum absolute atomic E-state index is 0.00957. The molecular formula is C32H49NO9. The molecule has 236 valence electrons. The van der Waals surface area contributed by atoms with Gasteiger partial charge in [0, 0.05) is 43.1 Å². The fourth-order valence-corrected chi connectivity index (χ4v) is 10.3. The van der Waals surface area contributed by atoms with Crippen molar-refractivity contribution in [3.8, 4) is 0 Å². The van der Waals surface area contributed by atoms with Gasteiger partial charge in [0.25, 0.3) is 0 Å². The van der Waals surface area contributed by atoms with Crippen LogP contribution in [-0.2, 0) is 23.7 Å². The highest BCUT2D eigenvalue weighted by Gasteiger charge is 2.71. The lowest BCUT2D eigenvalue weighted by atomic mass is 9.41. The van der Waals surface area contributed by atoms with E-state index in [4.69, 9.17) is 18.9 Å². The molecule has 2 aliphatic heterocycles. The molecule has 6 rings (SSSR count). The number of nitrogens with zero attached hydrogens (tertiary/aromatic N) is 1. The van der Waals surface area contributed by atoms with Crippen LogP contribution in [-0.4, -0.2) is 101 Å². The highest BCUT2D eigenvalue weighted by Crippen LogP contribution is 2.70. The Kier molecular flexibility index (Phi) is 8.16. The van der Waals surface area contributed by atoms with E-state index in [1.807, 2.05) is 13.1 Å². The van der Waals surface area contributed by atoms with Gasteiger partial charge in [0.05, 0.1) is 42.7 Å². The Labute approximate surface area is 248 Å². The summed E-state index contributed by atoms with van der Waals surface area (Å²) in [6.45, 7) is 4.53. The number of carbonyl (C=O) groups is 1. The van der Waals surface area contributed by atoms with Crippen LogP contribution in [0.2, 0.25) is 0 Å². The van der Waals surface area contributed by atoms with Gasteiger partial charge in [0.15, 0.2) is 6.29 Å². The second-order valence-electron chi connectivity index (χ2n) is 14.2. The van der Waals surface area contributed by atoms with Crippen molar-refractivity contribution in [2.24, 2.45) is 33.6 Å². The molecule has 0 aromatic heterocycles. The van der Waals surface area contributed by atoms with Crippen molar-refractivity contribution in [2.45, 2.75) is 120 Å². The maximum absolute atomic E-state index is 12.6. The average Bonchev–Trinajstić information content (AvgIpc) is 3.50. The first-order valence-corrected chi connectivity index (χ1v) is 16.0. The number of carbonyl (C=O) groups excluding carboxylic acids is 1. The number of ether oxygens (including phenoxy) is 4. The quantitative estimate of drug-likeness (QED) is 0.199. The largest absolute Gasteiger partial charge is 0.458 e. The topological polar surface area (TPSA) is 147 Å². The zero-order chi connectivity index (χ0) is 29.9. The van der Waals surface area contributed by atoms with Crippen LogP contribution in [0.3, 0.4) is 0 Å². The lowest BCUT2D eigenvalue weighted by molar-refractivity contribution is -0.284. The van der Waals surface area contributed by atoms with Crippen molar-refractivity contribution in [3.05, 3.63) is 11.6 Å². The van der Waals surface area contributed by atoms with Gasteiger partial charge in [0.1, 0.15) is 12.7 Å². The van der Waals surface area contributed by atoms with Gasteiger partial charge in [-0.3, -0.25) is 4.99 Å². The predicted molar refractivity (Wildman–Crippen MR) is 153 cm³/mol. The summed E-state index contributed by atoms with van der Waals surface area (Å²) in [5.74, 6) is -0.165. The lowest BCUT2D eigenvalue weighted by Gasteiger charge is -2.66. The van der Waals surface area contributed by atoms with Crippen LogP contribution >= 0.6 is 0 Å². The summed E-state index contributed by atoms with van der Waals surface area (Å²) in [6, 6.07) is 0. The van der Waals surface area contributed by atoms with E-state index in [2.05, 4.69) is 11.9 Å². The molecule has 0 unspecified atom stereocenters. The Morgan fingerprint density at radius 1 is 1.12 bits per heavy atom. The first kappa shape index (κ1) is 30.6. The van der Waals surface area contributed by atoms with Crippen LogP contribution < -0.4 is 0 Å². The second-order valence-corrected chi connectivity index (χ2v) is 14.2. The highest BCUT2D eigenvalue weighted by molar-refractivity contribution is 5.85. The number of methoxy groups -OCH3 is 1. The van der Waals surface area contributed by atoms with Gasteiger partial charge in [-0.25, -0.2) is 4.79 Å². The maximum Gasteiger partial charge on any atom is 0.331 e. The Hall–Kier alpha value is -1.40. The average molecular weight is 592 g/mol. The van der Waals surface area contributed by atoms with Crippen molar-refractivity contribution in [2.75, 3.05) is 26.9 Å². The summed E-state index contributed by atoms with van der Waals surface area (Å²) in [7, 11) is 1.58. The maximum atomic E-state index is 12.6. The minimum atomic E-state index is -1.08. The summed E-state index contributed by atoms with van der Waals surface area (Å²) in [5, 5.41) is 45.0.